The van der Waals surface area contributed by atoms with Gasteiger partial charge in [0, 0.05) is 35.3 Å². The van der Waals surface area contributed by atoms with Crippen LogP contribution in [0.1, 0.15) is 77.0 Å². The monoisotopic (exact) mass is 422 g/mol. The van der Waals surface area contributed by atoms with E-state index in [1.807, 2.05) is 0 Å². The third kappa shape index (κ3) is 5.27. The first kappa shape index (κ1) is 21.6. The average molecular weight is 423 g/mol. The van der Waals surface area contributed by atoms with Crippen LogP contribution in [0.3, 0.4) is 0 Å². The van der Waals surface area contributed by atoms with Crippen molar-refractivity contribution in [3.63, 3.8) is 0 Å². The summed E-state index contributed by atoms with van der Waals surface area (Å²) in [6.45, 7) is 1.30. The van der Waals surface area contributed by atoms with E-state index in [0.29, 0.717) is 25.9 Å². The van der Waals surface area contributed by atoms with Crippen LogP contribution in [0.2, 0.25) is 0 Å². The van der Waals surface area contributed by atoms with Gasteiger partial charge in [0.05, 0.1) is 38.1 Å². The molecule has 0 aromatic carbocycles. The predicted molar refractivity (Wildman–Crippen MR) is 112 cm³/mol. The minimum atomic E-state index is -0.171. The highest BCUT2D eigenvalue weighted by molar-refractivity contribution is 7.97. The van der Waals surface area contributed by atoms with Crippen molar-refractivity contribution in [1.82, 2.24) is 18.1 Å². The lowest BCUT2D eigenvalue weighted by Crippen LogP contribution is -2.46. The van der Waals surface area contributed by atoms with Gasteiger partial charge in [-0.15, -0.1) is 0 Å². The topological polar surface area (TPSA) is 95.2 Å². The van der Waals surface area contributed by atoms with E-state index in [0.717, 1.165) is 51.4 Å². The van der Waals surface area contributed by atoms with Crippen molar-refractivity contribution < 1.29 is 4.79 Å². The molecule has 7 nitrogen and oxygen atoms in total. The summed E-state index contributed by atoms with van der Waals surface area (Å²) in [6.07, 6.45) is 11.9. The lowest BCUT2D eigenvalue weighted by molar-refractivity contribution is 0.226. The largest absolute Gasteiger partial charge is 0.342 e. The van der Waals surface area contributed by atoms with Crippen molar-refractivity contribution in [2.45, 2.75) is 88.1 Å². The summed E-state index contributed by atoms with van der Waals surface area (Å²) in [5.74, 6) is 0. The number of nitrogens with one attached hydrogen (secondary N) is 2. The summed E-state index contributed by atoms with van der Waals surface area (Å²) in [5, 5.41) is 18.4. The van der Waals surface area contributed by atoms with Gasteiger partial charge in [0.1, 0.15) is 0 Å². The Morgan fingerprint density at radius 1 is 0.786 bits per heavy atom. The molecule has 0 radical (unpaired) electrons. The Hall–Kier alpha value is -1.13. The number of nitrogens with zero attached hydrogens (tertiary/aromatic N) is 4. The standard InChI is InChI=1S/C19H30N6OS2/c20-13-11-18(7-3-1-4-8-18)22-27-24-15-16-25(17(24)26)28-23-19(12-14-21)9-5-2-6-10-19/h22-23H,1-12,15-16H2. The molecule has 3 aliphatic rings. The molecule has 0 aromatic heterocycles. The maximum absolute atomic E-state index is 12.8. The van der Waals surface area contributed by atoms with Gasteiger partial charge in [0.15, 0.2) is 0 Å². The first-order valence-corrected chi connectivity index (χ1v) is 11.9. The Kier molecular flexibility index (Phi) is 7.76. The molecule has 28 heavy (non-hydrogen) atoms. The van der Waals surface area contributed by atoms with Crippen LogP contribution in [-0.4, -0.2) is 38.8 Å². The number of hydrogen-bond donors (Lipinski definition) is 2. The number of hydrogen-bond acceptors (Lipinski definition) is 7. The fourth-order valence-electron chi connectivity index (χ4n) is 4.36. The van der Waals surface area contributed by atoms with E-state index in [-0.39, 0.29) is 17.1 Å². The van der Waals surface area contributed by atoms with Crippen molar-refractivity contribution in [2.24, 2.45) is 0 Å². The summed E-state index contributed by atoms with van der Waals surface area (Å²) in [6, 6.07) is 4.61. The molecule has 0 atom stereocenters. The highest BCUT2D eigenvalue weighted by Crippen LogP contribution is 2.36. The minimum Gasteiger partial charge on any atom is -0.252 e. The van der Waals surface area contributed by atoms with Gasteiger partial charge in [-0.1, -0.05) is 38.5 Å². The molecule has 3 fully saturated rings. The molecule has 2 N–H and O–H groups in total. The molecule has 0 spiro atoms. The molecule has 2 saturated carbocycles. The van der Waals surface area contributed by atoms with Crippen LogP contribution in [0.25, 0.3) is 0 Å². The van der Waals surface area contributed by atoms with E-state index < -0.39 is 0 Å². The Bertz CT molecular complexity index is 567. The summed E-state index contributed by atoms with van der Waals surface area (Å²) < 4.78 is 10.4. The van der Waals surface area contributed by atoms with Crippen LogP contribution in [0, 0.1) is 22.7 Å². The molecule has 0 aromatic rings. The van der Waals surface area contributed by atoms with Crippen molar-refractivity contribution in [2.75, 3.05) is 13.1 Å². The minimum absolute atomic E-state index is 0.0270. The molecule has 2 amide bonds. The molecule has 0 unspecified atom stereocenters. The lowest BCUT2D eigenvalue weighted by Gasteiger charge is -2.37. The Morgan fingerprint density at radius 2 is 1.18 bits per heavy atom. The van der Waals surface area contributed by atoms with Gasteiger partial charge in [0.2, 0.25) is 0 Å². The van der Waals surface area contributed by atoms with Gasteiger partial charge < -0.3 is 0 Å². The number of carbonyl (C=O) groups is 1. The van der Waals surface area contributed by atoms with Crippen LogP contribution in [-0.2, 0) is 0 Å². The molecular weight excluding hydrogens is 392 g/mol. The number of carbonyl (C=O) groups excluding carboxylic acids is 1. The van der Waals surface area contributed by atoms with Crippen molar-refractivity contribution in [1.29, 1.82) is 10.5 Å². The van der Waals surface area contributed by atoms with Gasteiger partial charge in [0.25, 0.3) is 0 Å². The maximum Gasteiger partial charge on any atom is 0.342 e. The number of amides is 2. The van der Waals surface area contributed by atoms with Crippen molar-refractivity contribution in [3.05, 3.63) is 0 Å². The number of rotatable bonds is 8. The zero-order valence-corrected chi connectivity index (χ0v) is 18.0. The molecule has 9 heteroatoms. The highest BCUT2D eigenvalue weighted by Gasteiger charge is 2.38. The molecule has 1 heterocycles. The SMILES string of the molecule is N#CCC1(NSN2CCN(SNC3(CC#N)CCCCC3)C2=O)CCCCC1. The summed E-state index contributed by atoms with van der Waals surface area (Å²) in [7, 11) is 0. The summed E-state index contributed by atoms with van der Waals surface area (Å²) in [4.78, 5) is 12.8. The van der Waals surface area contributed by atoms with Crippen LogP contribution in [0.4, 0.5) is 4.79 Å². The van der Waals surface area contributed by atoms with E-state index in [9.17, 15) is 15.3 Å². The van der Waals surface area contributed by atoms with Gasteiger partial charge in [-0.2, -0.15) is 10.5 Å². The van der Waals surface area contributed by atoms with Crippen molar-refractivity contribution >= 4 is 30.3 Å². The van der Waals surface area contributed by atoms with Crippen molar-refractivity contribution in [3.8, 4) is 12.1 Å². The fraction of sp³-hybridized carbons (Fsp3) is 0.842. The molecule has 1 aliphatic heterocycles. The lowest BCUT2D eigenvalue weighted by atomic mass is 9.81. The highest BCUT2D eigenvalue weighted by atomic mass is 32.2. The Morgan fingerprint density at radius 3 is 1.54 bits per heavy atom. The molecule has 1 saturated heterocycles. The van der Waals surface area contributed by atoms with Crippen LogP contribution >= 0.6 is 24.3 Å². The molecule has 154 valence electrons. The third-order valence-electron chi connectivity index (χ3n) is 6.13. The smallest absolute Gasteiger partial charge is 0.252 e. The third-order valence-corrected chi connectivity index (χ3v) is 8.30. The van der Waals surface area contributed by atoms with E-state index >= 15 is 0 Å². The number of urea groups is 1. The zero-order valence-electron chi connectivity index (χ0n) is 16.4. The fourth-order valence-corrected chi connectivity index (χ4v) is 6.27. The molecule has 3 rings (SSSR count). The van der Waals surface area contributed by atoms with E-state index in [1.165, 1.54) is 37.1 Å². The van der Waals surface area contributed by atoms with Gasteiger partial charge >= 0.3 is 6.03 Å². The summed E-state index contributed by atoms with van der Waals surface area (Å²) >= 11 is 2.72. The quantitative estimate of drug-likeness (QED) is 0.564. The van der Waals surface area contributed by atoms with Crippen LogP contribution < -0.4 is 9.44 Å². The second kappa shape index (κ2) is 10.1. The maximum atomic E-state index is 12.8. The summed E-state index contributed by atoms with van der Waals surface area (Å²) in [5.41, 5.74) is -0.342. The second-order valence-electron chi connectivity index (χ2n) is 8.23. The molecule has 0 bridgehead atoms. The molecular formula is C19H30N6OS2. The number of nitriles is 2. The van der Waals surface area contributed by atoms with E-state index in [1.54, 1.807) is 8.61 Å². The van der Waals surface area contributed by atoms with E-state index in [2.05, 4.69) is 21.6 Å². The Balaban J connectivity index is 1.50. The predicted octanol–water partition coefficient (Wildman–Crippen LogP) is 4.26. The van der Waals surface area contributed by atoms with Gasteiger partial charge in [-0.3, -0.25) is 8.61 Å². The Labute approximate surface area is 177 Å². The van der Waals surface area contributed by atoms with Crippen LogP contribution in [0.5, 0.6) is 0 Å². The normalized spacial score (nSPS) is 24.0. The molecule has 2 aliphatic carbocycles. The first-order valence-electron chi connectivity index (χ1n) is 10.3. The first-order chi connectivity index (χ1) is 13.6. The van der Waals surface area contributed by atoms with Gasteiger partial charge in [-0.25, -0.2) is 14.2 Å². The van der Waals surface area contributed by atoms with E-state index in [4.69, 9.17) is 0 Å². The van der Waals surface area contributed by atoms with Gasteiger partial charge in [-0.05, 0) is 25.7 Å². The second-order valence-corrected chi connectivity index (χ2v) is 9.88. The average Bonchev–Trinajstić information content (AvgIpc) is 3.07. The zero-order chi connectivity index (χ0) is 19.9. The van der Waals surface area contributed by atoms with Crippen LogP contribution in [0.15, 0.2) is 0 Å².